The fourth-order valence-electron chi connectivity index (χ4n) is 4.44. The van der Waals surface area contributed by atoms with E-state index in [-0.39, 0.29) is 17.6 Å². The molecule has 2 saturated heterocycles. The summed E-state index contributed by atoms with van der Waals surface area (Å²) in [6, 6.07) is 16.5. The van der Waals surface area contributed by atoms with Crippen LogP contribution in [0.3, 0.4) is 0 Å². The number of Topliss-reactive ketones (excluding diaryl/α,β-unsaturated/α-hetero) is 1. The molecule has 2 amide bonds. The Morgan fingerprint density at radius 2 is 1.50 bits per heavy atom. The molecule has 3 aliphatic heterocycles. The Balaban J connectivity index is 1.60. The van der Waals surface area contributed by atoms with Crippen molar-refractivity contribution < 1.29 is 14.4 Å². The van der Waals surface area contributed by atoms with Crippen LogP contribution < -0.4 is 4.90 Å². The fourth-order valence-corrected chi connectivity index (χ4v) is 4.44. The molecule has 138 valence electrons. The molecule has 2 aromatic carbocycles. The number of carbonyl (C=O) groups is 3. The minimum atomic E-state index is -0.802. The first kappa shape index (κ1) is 16.6. The van der Waals surface area contributed by atoms with Crippen molar-refractivity contribution in [2.24, 2.45) is 16.9 Å². The summed E-state index contributed by atoms with van der Waals surface area (Å²) in [5, 5.41) is 5.97. The van der Waals surface area contributed by atoms with Crippen molar-refractivity contribution in [3.63, 3.8) is 0 Å². The van der Waals surface area contributed by atoms with Gasteiger partial charge < -0.3 is 0 Å². The SMILES string of the molecule is O=C(c1ccccc1)[C@@H]1[C@H]2C(=O)N(c3ccccc3)C(=O)[C@@H]2[C@H]2C=CC=NN21. The van der Waals surface area contributed by atoms with Gasteiger partial charge >= 0.3 is 0 Å². The summed E-state index contributed by atoms with van der Waals surface area (Å²) >= 11 is 0. The molecule has 6 nitrogen and oxygen atoms in total. The van der Waals surface area contributed by atoms with Gasteiger partial charge in [0.25, 0.3) is 0 Å². The van der Waals surface area contributed by atoms with E-state index >= 15 is 0 Å². The standard InChI is InChI=1S/C22H17N3O3/c26-20(14-8-3-1-4-9-14)19-18-17(16-12-7-13-23-25(16)19)21(27)24(22(18)28)15-10-5-2-6-11-15/h1-13,16-19H/t16-,17-,18+,19+/m1/s1. The first-order valence-electron chi connectivity index (χ1n) is 9.20. The van der Waals surface area contributed by atoms with Crippen LogP contribution in [0.25, 0.3) is 0 Å². The zero-order chi connectivity index (χ0) is 19.3. The molecule has 0 saturated carbocycles. The number of amides is 2. The number of imide groups is 1. The van der Waals surface area contributed by atoms with E-state index in [0.717, 1.165) is 0 Å². The summed E-state index contributed by atoms with van der Waals surface area (Å²) in [5.74, 6) is -2.19. The summed E-state index contributed by atoms with van der Waals surface area (Å²) in [4.78, 5) is 41.1. The van der Waals surface area contributed by atoms with E-state index in [1.165, 1.54) is 4.90 Å². The van der Waals surface area contributed by atoms with Gasteiger partial charge in [-0.25, -0.2) is 4.90 Å². The lowest BCUT2D eigenvalue weighted by molar-refractivity contribution is -0.123. The molecule has 0 bridgehead atoms. The highest BCUT2D eigenvalue weighted by atomic mass is 16.2. The van der Waals surface area contributed by atoms with Crippen LogP contribution in [-0.2, 0) is 9.59 Å². The lowest BCUT2D eigenvalue weighted by Gasteiger charge is -2.30. The van der Waals surface area contributed by atoms with Crippen molar-refractivity contribution in [2.75, 3.05) is 4.90 Å². The van der Waals surface area contributed by atoms with Gasteiger partial charge in [-0.05, 0) is 18.2 Å². The maximum atomic E-state index is 13.3. The molecule has 3 aliphatic rings. The van der Waals surface area contributed by atoms with Crippen molar-refractivity contribution >= 4 is 29.5 Å². The van der Waals surface area contributed by atoms with Crippen molar-refractivity contribution in [1.82, 2.24) is 5.01 Å². The summed E-state index contributed by atoms with van der Waals surface area (Å²) in [5.41, 5.74) is 1.04. The van der Waals surface area contributed by atoms with E-state index < -0.39 is 23.9 Å². The maximum Gasteiger partial charge on any atom is 0.240 e. The predicted molar refractivity (Wildman–Crippen MR) is 104 cm³/mol. The van der Waals surface area contributed by atoms with Gasteiger partial charge in [-0.2, -0.15) is 5.10 Å². The van der Waals surface area contributed by atoms with E-state index in [9.17, 15) is 14.4 Å². The zero-order valence-electron chi connectivity index (χ0n) is 14.9. The van der Waals surface area contributed by atoms with Gasteiger partial charge in [0.2, 0.25) is 11.8 Å². The zero-order valence-corrected chi connectivity index (χ0v) is 14.9. The van der Waals surface area contributed by atoms with Crippen LogP contribution in [0.2, 0.25) is 0 Å². The van der Waals surface area contributed by atoms with Crippen LogP contribution >= 0.6 is 0 Å². The quantitative estimate of drug-likeness (QED) is 0.613. The van der Waals surface area contributed by atoms with Gasteiger partial charge in [-0.3, -0.25) is 19.4 Å². The van der Waals surface area contributed by atoms with Crippen LogP contribution in [0.15, 0.2) is 77.9 Å². The summed E-state index contributed by atoms with van der Waals surface area (Å²) in [6.07, 6.45) is 5.20. The monoisotopic (exact) mass is 371 g/mol. The van der Waals surface area contributed by atoms with Gasteiger partial charge in [0.15, 0.2) is 5.78 Å². The smallest absolute Gasteiger partial charge is 0.240 e. The molecule has 0 radical (unpaired) electrons. The maximum absolute atomic E-state index is 13.3. The number of hydrogen-bond acceptors (Lipinski definition) is 5. The molecule has 4 atom stereocenters. The average molecular weight is 371 g/mol. The number of anilines is 1. The number of hydrazone groups is 1. The number of ketones is 1. The van der Waals surface area contributed by atoms with Gasteiger partial charge in [0.05, 0.1) is 23.6 Å². The van der Waals surface area contributed by atoms with E-state index in [2.05, 4.69) is 5.10 Å². The van der Waals surface area contributed by atoms with Crippen LogP contribution in [0.5, 0.6) is 0 Å². The Hall–Kier alpha value is -3.54. The molecular weight excluding hydrogens is 354 g/mol. The largest absolute Gasteiger partial charge is 0.292 e. The third-order valence-corrected chi connectivity index (χ3v) is 5.63. The number of para-hydroxylation sites is 1. The highest BCUT2D eigenvalue weighted by Crippen LogP contribution is 2.46. The lowest BCUT2D eigenvalue weighted by atomic mass is 9.86. The average Bonchev–Trinajstić information content (AvgIpc) is 3.22. The second-order valence-electron chi connectivity index (χ2n) is 7.09. The molecule has 0 aromatic heterocycles. The van der Waals surface area contributed by atoms with Crippen LogP contribution in [0.1, 0.15) is 10.4 Å². The molecule has 0 aliphatic carbocycles. The van der Waals surface area contributed by atoms with Crippen molar-refractivity contribution in [3.8, 4) is 0 Å². The second-order valence-corrected chi connectivity index (χ2v) is 7.09. The molecule has 5 rings (SSSR count). The summed E-state index contributed by atoms with van der Waals surface area (Å²) in [7, 11) is 0. The third-order valence-electron chi connectivity index (χ3n) is 5.63. The van der Waals surface area contributed by atoms with E-state index in [1.807, 2.05) is 18.2 Å². The highest BCUT2D eigenvalue weighted by molar-refractivity contribution is 6.24. The van der Waals surface area contributed by atoms with Crippen LogP contribution in [-0.4, -0.2) is 40.9 Å². The predicted octanol–water partition coefficient (Wildman–Crippen LogP) is 2.28. The Morgan fingerprint density at radius 1 is 0.857 bits per heavy atom. The second kappa shape index (κ2) is 6.27. The lowest BCUT2D eigenvalue weighted by Crippen LogP contribution is -2.46. The third kappa shape index (κ3) is 2.27. The Labute approximate surface area is 161 Å². The Bertz CT molecular complexity index is 1020. The van der Waals surface area contributed by atoms with E-state index in [4.69, 9.17) is 0 Å². The molecule has 2 aromatic rings. The summed E-state index contributed by atoms with van der Waals surface area (Å²) < 4.78 is 0. The number of nitrogens with zero attached hydrogens (tertiary/aromatic N) is 3. The minimum absolute atomic E-state index is 0.193. The van der Waals surface area contributed by atoms with Gasteiger partial charge in [-0.15, -0.1) is 0 Å². The molecule has 0 unspecified atom stereocenters. The molecule has 0 N–H and O–H groups in total. The normalized spacial score (nSPS) is 27.9. The number of rotatable bonds is 3. The van der Waals surface area contributed by atoms with Gasteiger partial charge in [-0.1, -0.05) is 54.6 Å². The van der Waals surface area contributed by atoms with Gasteiger partial charge in [0, 0.05) is 11.8 Å². The number of benzene rings is 2. The van der Waals surface area contributed by atoms with Crippen molar-refractivity contribution in [2.45, 2.75) is 12.1 Å². The van der Waals surface area contributed by atoms with E-state index in [0.29, 0.717) is 11.3 Å². The molecule has 6 heteroatoms. The Morgan fingerprint density at radius 3 is 2.21 bits per heavy atom. The number of hydrogen-bond donors (Lipinski definition) is 0. The number of allylic oxidation sites excluding steroid dienone is 1. The van der Waals surface area contributed by atoms with Gasteiger partial charge in [0.1, 0.15) is 6.04 Å². The molecule has 0 spiro atoms. The first-order valence-corrected chi connectivity index (χ1v) is 9.20. The number of fused-ring (bicyclic) bond motifs is 3. The highest BCUT2D eigenvalue weighted by Gasteiger charge is 2.64. The fraction of sp³-hybridized carbons (Fsp3) is 0.182. The van der Waals surface area contributed by atoms with E-state index in [1.54, 1.807) is 65.8 Å². The number of carbonyl (C=O) groups excluding carboxylic acids is 3. The van der Waals surface area contributed by atoms with Crippen LogP contribution in [0.4, 0.5) is 5.69 Å². The Kier molecular flexibility index (Phi) is 3.72. The molecule has 3 heterocycles. The van der Waals surface area contributed by atoms with Crippen molar-refractivity contribution in [1.29, 1.82) is 0 Å². The van der Waals surface area contributed by atoms with Crippen molar-refractivity contribution in [3.05, 3.63) is 78.4 Å². The minimum Gasteiger partial charge on any atom is -0.292 e. The molecular formula is C22H17N3O3. The molecule has 28 heavy (non-hydrogen) atoms. The summed E-state index contributed by atoms with van der Waals surface area (Å²) in [6.45, 7) is 0. The molecule has 2 fully saturated rings. The first-order chi connectivity index (χ1) is 13.7. The topological polar surface area (TPSA) is 70.0 Å². The van der Waals surface area contributed by atoms with Crippen LogP contribution in [0, 0.1) is 11.8 Å².